The zero-order valence-electron chi connectivity index (χ0n) is 8.90. The van der Waals surface area contributed by atoms with Crippen LogP contribution in [0, 0.1) is 13.8 Å². The van der Waals surface area contributed by atoms with Crippen molar-refractivity contribution in [3.05, 3.63) is 23.2 Å². The summed E-state index contributed by atoms with van der Waals surface area (Å²) in [7, 11) is 0. The lowest BCUT2D eigenvalue weighted by molar-refractivity contribution is -0.142. The number of aryl methyl sites for hydroxylation is 2. The van der Waals surface area contributed by atoms with E-state index >= 15 is 0 Å². The molecule has 0 aliphatic heterocycles. The Bertz CT molecular complexity index is 392. The van der Waals surface area contributed by atoms with Crippen molar-refractivity contribution in [2.75, 3.05) is 6.61 Å². The van der Waals surface area contributed by atoms with E-state index in [2.05, 4.69) is 9.99 Å². The van der Waals surface area contributed by atoms with Crippen LogP contribution in [0.2, 0.25) is 0 Å². The number of hydrogen-bond donors (Lipinski definition) is 1. The molecule has 0 aliphatic rings. The van der Waals surface area contributed by atoms with Crippen molar-refractivity contribution in [1.29, 1.82) is 0 Å². The van der Waals surface area contributed by atoms with Crippen molar-refractivity contribution in [1.82, 2.24) is 0 Å². The molecule has 0 unspecified atom stereocenters. The summed E-state index contributed by atoms with van der Waals surface area (Å²) in [4.78, 5) is 14.8. The third-order valence-electron chi connectivity index (χ3n) is 1.82. The van der Waals surface area contributed by atoms with Crippen LogP contribution in [0.25, 0.3) is 0 Å². The highest BCUT2D eigenvalue weighted by molar-refractivity contribution is 5.99. The number of hydrogen-bond acceptors (Lipinski definition) is 4. The van der Waals surface area contributed by atoms with E-state index in [1.807, 2.05) is 19.9 Å². The first-order valence-corrected chi connectivity index (χ1v) is 4.46. The fraction of sp³-hybridized carbons (Fsp3) is 0.400. The molecule has 1 N–H and O–H groups in total. The largest absolute Gasteiger partial charge is 0.479 e. The molecule has 0 aromatic carbocycles. The van der Waals surface area contributed by atoms with Crippen molar-refractivity contribution in [2.24, 2.45) is 5.16 Å². The quantitative estimate of drug-likeness (QED) is 0.608. The van der Waals surface area contributed by atoms with Crippen LogP contribution in [0.3, 0.4) is 0 Å². The van der Waals surface area contributed by atoms with Crippen LogP contribution in [-0.2, 0) is 9.63 Å². The van der Waals surface area contributed by atoms with Crippen molar-refractivity contribution in [2.45, 2.75) is 20.8 Å². The second-order valence-corrected chi connectivity index (χ2v) is 3.17. The van der Waals surface area contributed by atoms with Gasteiger partial charge in [0.15, 0.2) is 0 Å². The summed E-state index contributed by atoms with van der Waals surface area (Å²) in [6.45, 7) is 4.95. The first-order chi connectivity index (χ1) is 7.00. The zero-order chi connectivity index (χ0) is 11.4. The Balaban J connectivity index is 2.71. The zero-order valence-corrected chi connectivity index (χ0v) is 8.90. The molecule has 0 saturated carbocycles. The summed E-state index contributed by atoms with van der Waals surface area (Å²) in [5.74, 6) is 0.481. The number of rotatable bonds is 4. The van der Waals surface area contributed by atoms with E-state index in [0.29, 0.717) is 5.71 Å². The van der Waals surface area contributed by atoms with Gasteiger partial charge >= 0.3 is 5.97 Å². The molecule has 1 rings (SSSR count). The van der Waals surface area contributed by atoms with E-state index in [1.54, 1.807) is 6.92 Å². The van der Waals surface area contributed by atoms with Gasteiger partial charge in [0.2, 0.25) is 6.61 Å². The van der Waals surface area contributed by atoms with Gasteiger partial charge in [-0.2, -0.15) is 0 Å². The van der Waals surface area contributed by atoms with Gasteiger partial charge < -0.3 is 14.4 Å². The van der Waals surface area contributed by atoms with Crippen molar-refractivity contribution in [3.8, 4) is 0 Å². The summed E-state index contributed by atoms with van der Waals surface area (Å²) in [5, 5.41) is 12.0. The van der Waals surface area contributed by atoms with Gasteiger partial charge in [-0.15, -0.1) is 0 Å². The normalized spacial score (nSPS) is 11.5. The molecule has 0 atom stereocenters. The molecule has 0 aliphatic carbocycles. The van der Waals surface area contributed by atoms with Crippen LogP contribution in [0.15, 0.2) is 15.6 Å². The van der Waals surface area contributed by atoms with Gasteiger partial charge in [0.1, 0.15) is 11.5 Å². The Kier molecular flexibility index (Phi) is 3.49. The number of carbonyl (C=O) groups is 1. The third-order valence-corrected chi connectivity index (χ3v) is 1.82. The molecular formula is C10H13NO4. The molecule has 5 heteroatoms. The molecule has 0 radical (unpaired) electrons. The van der Waals surface area contributed by atoms with Crippen LogP contribution in [0.4, 0.5) is 0 Å². The summed E-state index contributed by atoms with van der Waals surface area (Å²) >= 11 is 0. The lowest BCUT2D eigenvalue weighted by Crippen LogP contribution is -2.05. The molecular weight excluding hydrogens is 198 g/mol. The Labute approximate surface area is 87.3 Å². The molecule has 1 heterocycles. The minimum atomic E-state index is -1.05. The maximum absolute atomic E-state index is 10.2. The van der Waals surface area contributed by atoms with Gasteiger partial charge in [0.05, 0.1) is 5.71 Å². The van der Waals surface area contributed by atoms with Gasteiger partial charge in [0, 0.05) is 5.56 Å². The van der Waals surface area contributed by atoms with Crippen LogP contribution in [0.1, 0.15) is 24.0 Å². The van der Waals surface area contributed by atoms with Crippen molar-refractivity contribution < 1.29 is 19.2 Å². The smallest absolute Gasteiger partial charge is 0.344 e. The standard InChI is InChI=1S/C10H13NO4/c1-6-4-9(8(3)15-6)7(2)11-14-5-10(12)13/h4H,5H2,1-3H3,(H,12,13). The minimum absolute atomic E-state index is 0.437. The summed E-state index contributed by atoms with van der Waals surface area (Å²) in [6, 6.07) is 1.83. The molecule has 0 spiro atoms. The maximum atomic E-state index is 10.2. The van der Waals surface area contributed by atoms with Gasteiger partial charge in [0.25, 0.3) is 0 Å². The first kappa shape index (κ1) is 11.3. The highest BCUT2D eigenvalue weighted by atomic mass is 16.6. The average molecular weight is 211 g/mol. The number of nitrogens with zero attached hydrogens (tertiary/aromatic N) is 1. The summed E-state index contributed by atoms with van der Waals surface area (Å²) in [6.07, 6.45) is 0. The molecule has 0 bridgehead atoms. The molecule has 1 aromatic rings. The van der Waals surface area contributed by atoms with E-state index < -0.39 is 12.6 Å². The molecule has 0 amide bonds. The topological polar surface area (TPSA) is 72.0 Å². The van der Waals surface area contributed by atoms with E-state index in [4.69, 9.17) is 9.52 Å². The lowest BCUT2D eigenvalue weighted by Gasteiger charge is -1.98. The predicted molar refractivity (Wildman–Crippen MR) is 54.0 cm³/mol. The second-order valence-electron chi connectivity index (χ2n) is 3.17. The van der Waals surface area contributed by atoms with Crippen LogP contribution < -0.4 is 0 Å². The third kappa shape index (κ3) is 3.12. The first-order valence-electron chi connectivity index (χ1n) is 4.46. The number of carboxylic acid groups (broad SMARTS) is 1. The van der Waals surface area contributed by atoms with Crippen molar-refractivity contribution in [3.63, 3.8) is 0 Å². The van der Waals surface area contributed by atoms with E-state index in [-0.39, 0.29) is 0 Å². The second kappa shape index (κ2) is 4.63. The van der Waals surface area contributed by atoms with Crippen molar-refractivity contribution >= 4 is 11.7 Å². The molecule has 82 valence electrons. The van der Waals surface area contributed by atoms with Crippen LogP contribution in [0.5, 0.6) is 0 Å². The Morgan fingerprint density at radius 1 is 1.60 bits per heavy atom. The van der Waals surface area contributed by atoms with Gasteiger partial charge in [-0.05, 0) is 26.8 Å². The summed E-state index contributed by atoms with van der Waals surface area (Å²) in [5.41, 5.74) is 1.43. The average Bonchev–Trinajstić information content (AvgIpc) is 2.44. The Morgan fingerprint density at radius 3 is 2.73 bits per heavy atom. The fourth-order valence-electron chi connectivity index (χ4n) is 1.22. The molecule has 1 aromatic heterocycles. The summed E-state index contributed by atoms with van der Waals surface area (Å²) < 4.78 is 5.31. The van der Waals surface area contributed by atoms with Crippen LogP contribution in [-0.4, -0.2) is 23.4 Å². The molecule has 0 fully saturated rings. The van der Waals surface area contributed by atoms with E-state index in [0.717, 1.165) is 17.1 Å². The monoisotopic (exact) mass is 211 g/mol. The molecule has 5 nitrogen and oxygen atoms in total. The van der Waals surface area contributed by atoms with Gasteiger partial charge in [-0.1, -0.05) is 5.16 Å². The van der Waals surface area contributed by atoms with E-state index in [9.17, 15) is 4.79 Å². The number of oxime groups is 1. The minimum Gasteiger partial charge on any atom is -0.479 e. The SMILES string of the molecule is CC(=NOCC(=O)O)c1cc(C)oc1C. The number of carboxylic acids is 1. The van der Waals surface area contributed by atoms with Gasteiger partial charge in [-0.3, -0.25) is 0 Å². The van der Waals surface area contributed by atoms with Gasteiger partial charge in [-0.25, -0.2) is 4.79 Å². The molecule has 15 heavy (non-hydrogen) atoms. The Morgan fingerprint density at radius 2 is 2.27 bits per heavy atom. The van der Waals surface area contributed by atoms with Crippen LogP contribution >= 0.6 is 0 Å². The van der Waals surface area contributed by atoms with E-state index in [1.165, 1.54) is 0 Å². The molecule has 0 saturated heterocycles. The maximum Gasteiger partial charge on any atom is 0.344 e. The predicted octanol–water partition coefficient (Wildman–Crippen LogP) is 1.72. The highest BCUT2D eigenvalue weighted by Gasteiger charge is 2.08. The number of furan rings is 1. The Hall–Kier alpha value is -1.78. The number of aliphatic carboxylic acids is 1. The lowest BCUT2D eigenvalue weighted by atomic mass is 10.2. The fourth-order valence-corrected chi connectivity index (χ4v) is 1.22. The highest BCUT2D eigenvalue weighted by Crippen LogP contribution is 2.14.